The molecule has 0 saturated heterocycles. The Hall–Kier alpha value is -4.37. The van der Waals surface area contributed by atoms with Crippen molar-refractivity contribution in [3.05, 3.63) is 90.7 Å². The highest BCUT2D eigenvalue weighted by Crippen LogP contribution is 2.33. The van der Waals surface area contributed by atoms with Gasteiger partial charge in [-0.05, 0) is 68.8 Å². The molecule has 1 unspecified atom stereocenters. The predicted molar refractivity (Wildman–Crippen MR) is 158 cm³/mol. The van der Waals surface area contributed by atoms with E-state index in [1.165, 1.54) is 25.1 Å². The van der Waals surface area contributed by atoms with Crippen molar-refractivity contribution in [1.29, 1.82) is 0 Å². The van der Waals surface area contributed by atoms with Gasteiger partial charge in [-0.3, -0.25) is 19.7 Å². The minimum Gasteiger partial charge on any atom is -0.493 e. The molecule has 1 atom stereocenters. The Balaban J connectivity index is 0.000000722. The molecule has 0 bridgehead atoms. The zero-order valence-corrected chi connectivity index (χ0v) is 23.8. The van der Waals surface area contributed by atoms with Crippen molar-refractivity contribution in [3.8, 4) is 16.9 Å². The lowest BCUT2D eigenvalue weighted by Gasteiger charge is -2.29. The van der Waals surface area contributed by atoms with Crippen molar-refractivity contribution in [2.75, 3.05) is 20.2 Å². The number of ketones is 1. The van der Waals surface area contributed by atoms with Crippen LogP contribution in [0.3, 0.4) is 0 Å². The number of rotatable bonds is 9. The number of allylic oxidation sites excluding steroid dienone is 1. The molecule has 1 amide bonds. The number of hydrogen-bond donors (Lipinski definition) is 2. The molecule has 0 saturated carbocycles. The van der Waals surface area contributed by atoms with Gasteiger partial charge in [0.1, 0.15) is 11.6 Å². The largest absolute Gasteiger partial charge is 0.493 e. The number of H-pyrrole nitrogens is 1. The van der Waals surface area contributed by atoms with Gasteiger partial charge < -0.3 is 15.4 Å². The van der Waals surface area contributed by atoms with Crippen molar-refractivity contribution >= 4 is 22.6 Å². The Labute approximate surface area is 235 Å². The molecule has 4 rings (SSSR count). The highest BCUT2D eigenvalue weighted by molar-refractivity contribution is 5.96. The predicted octanol–water partition coefficient (Wildman–Crippen LogP) is 6.11. The molecule has 0 aliphatic rings. The second-order valence-corrected chi connectivity index (χ2v) is 8.54. The maximum Gasteiger partial charge on any atom is 0.254 e. The zero-order valence-electron chi connectivity index (χ0n) is 23.8. The van der Waals surface area contributed by atoms with Crippen molar-refractivity contribution in [2.45, 2.75) is 40.2 Å². The third-order valence-electron chi connectivity index (χ3n) is 5.92. The van der Waals surface area contributed by atoms with Gasteiger partial charge in [0.15, 0.2) is 5.78 Å². The Morgan fingerprint density at radius 1 is 1.18 bits per heavy atom. The van der Waals surface area contributed by atoms with E-state index in [4.69, 9.17) is 10.5 Å². The van der Waals surface area contributed by atoms with Crippen molar-refractivity contribution in [3.63, 3.8) is 0 Å². The molecular formula is C31H38FN5O3. The van der Waals surface area contributed by atoms with Gasteiger partial charge in [0.25, 0.3) is 5.91 Å². The monoisotopic (exact) mass is 547 g/mol. The van der Waals surface area contributed by atoms with Crippen LogP contribution in [0.1, 0.15) is 56.1 Å². The minimum atomic E-state index is -0.332. The van der Waals surface area contributed by atoms with Crippen LogP contribution in [-0.2, 0) is 4.79 Å². The molecule has 0 fully saturated rings. The number of ether oxygens (including phenoxy) is 1. The minimum absolute atomic E-state index is 0.0185. The van der Waals surface area contributed by atoms with Crippen LogP contribution in [0.25, 0.3) is 22.0 Å². The Morgan fingerprint density at radius 2 is 1.90 bits per heavy atom. The summed E-state index contributed by atoms with van der Waals surface area (Å²) in [6.07, 6.45) is 7.00. The summed E-state index contributed by atoms with van der Waals surface area (Å²) in [5.41, 5.74) is 9.45. The number of halogens is 1. The van der Waals surface area contributed by atoms with E-state index in [0.717, 1.165) is 22.0 Å². The van der Waals surface area contributed by atoms with Crippen LogP contribution in [0.15, 0.2) is 73.7 Å². The molecule has 8 nitrogen and oxygen atoms in total. The van der Waals surface area contributed by atoms with Crippen LogP contribution in [0.4, 0.5) is 4.39 Å². The van der Waals surface area contributed by atoms with Crippen LogP contribution in [-0.4, -0.2) is 52.0 Å². The number of benzene rings is 2. The number of hydrogen-bond acceptors (Lipinski definition) is 6. The quantitative estimate of drug-likeness (QED) is 0.244. The molecule has 0 aliphatic heterocycles. The van der Waals surface area contributed by atoms with Crippen LogP contribution in [0.5, 0.6) is 5.75 Å². The van der Waals surface area contributed by atoms with E-state index in [9.17, 15) is 14.0 Å². The SMILES string of the molecule is C=CC(C)=O.CC.CCOc1cc(C(=O)N(C)C(CCN)c2cncc3cn[nH]c23)ccc1-c1cccc(F)c1. The number of nitrogens with zero attached hydrogens (tertiary/aromatic N) is 3. The Kier molecular flexibility index (Phi) is 12.7. The van der Waals surface area contributed by atoms with Gasteiger partial charge in [-0.15, -0.1) is 0 Å². The lowest BCUT2D eigenvalue weighted by atomic mass is 9.99. The van der Waals surface area contributed by atoms with Gasteiger partial charge in [0, 0.05) is 41.5 Å². The van der Waals surface area contributed by atoms with Gasteiger partial charge >= 0.3 is 0 Å². The normalized spacial score (nSPS) is 10.9. The first-order chi connectivity index (χ1) is 19.3. The lowest BCUT2D eigenvalue weighted by molar-refractivity contribution is -0.112. The van der Waals surface area contributed by atoms with Crippen LogP contribution in [0, 0.1) is 5.82 Å². The number of amides is 1. The second-order valence-electron chi connectivity index (χ2n) is 8.54. The molecule has 3 N–H and O–H groups in total. The Bertz CT molecular complexity index is 1420. The number of pyridine rings is 1. The maximum absolute atomic E-state index is 13.8. The van der Waals surface area contributed by atoms with Crippen molar-refractivity contribution in [2.24, 2.45) is 5.73 Å². The summed E-state index contributed by atoms with van der Waals surface area (Å²) < 4.78 is 19.6. The van der Waals surface area contributed by atoms with E-state index >= 15 is 0 Å². The first kappa shape index (κ1) is 31.8. The number of aromatic nitrogens is 3. The number of nitrogens with one attached hydrogen (secondary N) is 1. The van der Waals surface area contributed by atoms with Gasteiger partial charge in [0.2, 0.25) is 0 Å². The maximum atomic E-state index is 13.8. The summed E-state index contributed by atoms with van der Waals surface area (Å²) >= 11 is 0. The molecular weight excluding hydrogens is 509 g/mol. The first-order valence-corrected chi connectivity index (χ1v) is 13.2. The molecule has 4 aromatic rings. The number of carbonyl (C=O) groups is 2. The molecule has 2 aromatic carbocycles. The summed E-state index contributed by atoms with van der Waals surface area (Å²) in [4.78, 5) is 29.2. The number of aromatic amines is 1. The van der Waals surface area contributed by atoms with Gasteiger partial charge in [0.05, 0.1) is 24.4 Å². The third kappa shape index (κ3) is 8.07. The molecule has 212 valence electrons. The van der Waals surface area contributed by atoms with E-state index in [-0.39, 0.29) is 23.5 Å². The second kappa shape index (κ2) is 15.9. The number of nitrogens with two attached hydrogens (primary N) is 1. The molecule has 2 heterocycles. The van der Waals surface area contributed by atoms with Crippen molar-refractivity contribution in [1.82, 2.24) is 20.1 Å². The van der Waals surface area contributed by atoms with E-state index in [0.29, 0.717) is 36.4 Å². The van der Waals surface area contributed by atoms with E-state index in [2.05, 4.69) is 21.8 Å². The standard InChI is InChI=1S/C25H26FN5O2.C4H6O.C2H6/c1-3-33-23-12-17(7-8-20(23)16-5-4-6-19(26)11-16)25(32)31(2)22(9-10-27)21-15-28-13-18-14-29-30-24(18)21;1-3-4(2)5;1-2/h4-8,11-15,22H,3,9-10,27H2,1-2H3,(H,29,30);3H,1H2,2H3;1-2H3. The fourth-order valence-corrected chi connectivity index (χ4v) is 4.03. The first-order valence-electron chi connectivity index (χ1n) is 13.2. The molecule has 9 heteroatoms. The van der Waals surface area contributed by atoms with Gasteiger partial charge in [-0.2, -0.15) is 5.10 Å². The fraction of sp³-hybridized carbons (Fsp3) is 0.290. The van der Waals surface area contributed by atoms with Crippen LogP contribution in [0.2, 0.25) is 0 Å². The smallest absolute Gasteiger partial charge is 0.254 e. The number of fused-ring (bicyclic) bond motifs is 1. The molecule has 0 aliphatic carbocycles. The summed E-state index contributed by atoms with van der Waals surface area (Å²) in [5.74, 6) is 0.0258. The van der Waals surface area contributed by atoms with Gasteiger partial charge in [-0.1, -0.05) is 32.6 Å². The van der Waals surface area contributed by atoms with E-state index < -0.39 is 0 Å². The van der Waals surface area contributed by atoms with E-state index in [1.54, 1.807) is 54.8 Å². The summed E-state index contributed by atoms with van der Waals surface area (Å²) in [6.45, 7) is 11.4. The fourth-order valence-electron chi connectivity index (χ4n) is 4.03. The summed E-state index contributed by atoms with van der Waals surface area (Å²) in [5, 5.41) is 7.97. The highest BCUT2D eigenvalue weighted by Gasteiger charge is 2.25. The molecule has 0 spiro atoms. The van der Waals surface area contributed by atoms with E-state index in [1.807, 2.05) is 26.8 Å². The highest BCUT2D eigenvalue weighted by atomic mass is 19.1. The average molecular weight is 548 g/mol. The topological polar surface area (TPSA) is 114 Å². The van der Waals surface area contributed by atoms with Crippen LogP contribution < -0.4 is 10.5 Å². The lowest BCUT2D eigenvalue weighted by Crippen LogP contribution is -2.33. The summed E-state index contributed by atoms with van der Waals surface area (Å²) in [7, 11) is 1.75. The third-order valence-corrected chi connectivity index (χ3v) is 5.92. The molecule has 40 heavy (non-hydrogen) atoms. The summed E-state index contributed by atoms with van der Waals surface area (Å²) in [6, 6.07) is 11.2. The van der Waals surface area contributed by atoms with Crippen molar-refractivity contribution < 1.29 is 18.7 Å². The zero-order chi connectivity index (χ0) is 29.7. The van der Waals surface area contributed by atoms with Crippen LogP contribution >= 0.6 is 0 Å². The Morgan fingerprint density at radius 3 is 2.52 bits per heavy atom. The van der Waals surface area contributed by atoms with Gasteiger partial charge in [-0.25, -0.2) is 4.39 Å². The molecule has 0 radical (unpaired) electrons. The molecule has 2 aromatic heterocycles. The number of carbonyl (C=O) groups excluding carboxylic acids is 2. The average Bonchev–Trinajstić information content (AvgIpc) is 3.46.